The Labute approximate surface area is 109 Å². The van der Waals surface area contributed by atoms with Gasteiger partial charge in [0.2, 0.25) is 0 Å². The molecule has 7 heteroatoms. The zero-order chi connectivity index (χ0) is 13.7. The number of benzene rings is 1. The monoisotopic (exact) mass is 262 g/mol. The number of ether oxygens (including phenoxy) is 1. The van der Waals surface area contributed by atoms with Crippen molar-refractivity contribution in [2.24, 2.45) is 0 Å². The van der Waals surface area contributed by atoms with Crippen LogP contribution in [-0.2, 0) is 4.79 Å². The van der Waals surface area contributed by atoms with Gasteiger partial charge in [0.05, 0.1) is 18.9 Å². The Bertz CT molecular complexity index is 542. The fraction of sp³-hybridized carbons (Fsp3) is 0.333. The molecule has 0 radical (unpaired) electrons. The molecule has 1 aromatic heterocycles. The molecule has 0 aliphatic heterocycles. The quantitative estimate of drug-likeness (QED) is 0.811. The summed E-state index contributed by atoms with van der Waals surface area (Å²) in [6, 6.07) is 7.26. The van der Waals surface area contributed by atoms with Crippen molar-refractivity contribution >= 4 is 5.97 Å². The molecule has 7 nitrogen and oxygen atoms in total. The van der Waals surface area contributed by atoms with Crippen LogP contribution in [0.25, 0.3) is 0 Å². The molecule has 0 amide bonds. The van der Waals surface area contributed by atoms with E-state index in [9.17, 15) is 4.79 Å². The first-order chi connectivity index (χ1) is 9.20. The highest BCUT2D eigenvalue weighted by Gasteiger charge is 2.22. The minimum atomic E-state index is -0.920. The topological polar surface area (TPSA) is 101 Å². The number of aromatic amines is 1. The number of rotatable bonds is 6. The van der Waals surface area contributed by atoms with Crippen molar-refractivity contribution in [2.45, 2.75) is 19.3 Å². The summed E-state index contributed by atoms with van der Waals surface area (Å²) in [4.78, 5) is 11.0. The number of aliphatic carboxylic acids is 1. The van der Waals surface area contributed by atoms with Gasteiger partial charge >= 0.3 is 5.97 Å². The van der Waals surface area contributed by atoms with E-state index in [4.69, 9.17) is 9.84 Å². The van der Waals surface area contributed by atoms with E-state index in [1.165, 1.54) is 0 Å². The number of nitrogens with zero attached hydrogens (tertiary/aromatic N) is 3. The van der Waals surface area contributed by atoms with Crippen LogP contribution in [0.4, 0.5) is 0 Å². The molecular weight excluding hydrogens is 248 g/mol. The highest BCUT2D eigenvalue weighted by Crippen LogP contribution is 2.27. The summed E-state index contributed by atoms with van der Waals surface area (Å²) in [5.41, 5.74) is 0.787. The third-order valence-electron chi connectivity index (χ3n) is 2.62. The number of hydrogen-bond donors (Lipinski definition) is 2. The van der Waals surface area contributed by atoms with E-state index in [0.717, 1.165) is 5.56 Å². The van der Waals surface area contributed by atoms with E-state index in [2.05, 4.69) is 20.6 Å². The molecule has 0 bridgehead atoms. The summed E-state index contributed by atoms with van der Waals surface area (Å²) in [6.07, 6.45) is -0.102. The second-order valence-corrected chi connectivity index (χ2v) is 3.93. The predicted octanol–water partition coefficient (Wildman–Crippen LogP) is 1.20. The Morgan fingerprint density at radius 3 is 3.00 bits per heavy atom. The van der Waals surface area contributed by atoms with Gasteiger partial charge in [-0.1, -0.05) is 17.3 Å². The highest BCUT2D eigenvalue weighted by atomic mass is 16.5. The van der Waals surface area contributed by atoms with Crippen molar-refractivity contribution in [1.82, 2.24) is 20.6 Å². The third-order valence-corrected chi connectivity index (χ3v) is 2.62. The van der Waals surface area contributed by atoms with E-state index in [-0.39, 0.29) is 6.42 Å². The van der Waals surface area contributed by atoms with Crippen molar-refractivity contribution < 1.29 is 14.6 Å². The van der Waals surface area contributed by atoms with Gasteiger partial charge < -0.3 is 9.84 Å². The maximum absolute atomic E-state index is 11.0. The number of hydrogen-bond acceptors (Lipinski definition) is 5. The molecule has 0 spiro atoms. The molecule has 2 aromatic rings. The summed E-state index contributed by atoms with van der Waals surface area (Å²) >= 11 is 0. The Balaban J connectivity index is 2.32. The molecule has 2 rings (SSSR count). The van der Waals surface area contributed by atoms with Crippen LogP contribution >= 0.6 is 0 Å². The van der Waals surface area contributed by atoms with Crippen molar-refractivity contribution in [2.75, 3.05) is 6.61 Å². The molecule has 1 unspecified atom stereocenters. The lowest BCUT2D eigenvalue weighted by molar-refractivity contribution is -0.137. The predicted molar refractivity (Wildman–Crippen MR) is 65.9 cm³/mol. The lowest BCUT2D eigenvalue weighted by Crippen LogP contribution is -2.10. The number of carbonyl (C=O) groups is 1. The van der Waals surface area contributed by atoms with E-state index in [1.54, 1.807) is 6.07 Å². The van der Waals surface area contributed by atoms with Crippen molar-refractivity contribution in [3.8, 4) is 5.75 Å². The summed E-state index contributed by atoms with van der Waals surface area (Å²) in [5, 5.41) is 22.6. The second-order valence-electron chi connectivity index (χ2n) is 3.93. The first-order valence-electron chi connectivity index (χ1n) is 5.88. The van der Waals surface area contributed by atoms with Crippen LogP contribution in [0.5, 0.6) is 5.75 Å². The highest BCUT2D eigenvalue weighted by molar-refractivity contribution is 5.68. The fourth-order valence-electron chi connectivity index (χ4n) is 1.84. The minimum absolute atomic E-state index is 0.102. The summed E-state index contributed by atoms with van der Waals surface area (Å²) in [6.45, 7) is 2.44. The van der Waals surface area contributed by atoms with Gasteiger partial charge in [0.15, 0.2) is 5.82 Å². The fourth-order valence-corrected chi connectivity index (χ4v) is 1.84. The Kier molecular flexibility index (Phi) is 4.07. The van der Waals surface area contributed by atoms with Gasteiger partial charge in [-0.15, -0.1) is 10.2 Å². The first kappa shape index (κ1) is 13.0. The summed E-state index contributed by atoms with van der Waals surface area (Å²) in [7, 11) is 0. The Morgan fingerprint density at radius 2 is 2.37 bits per heavy atom. The van der Waals surface area contributed by atoms with Crippen molar-refractivity contribution in [3.05, 3.63) is 35.7 Å². The number of H-pyrrole nitrogens is 1. The third kappa shape index (κ3) is 3.27. The Hall–Kier alpha value is -2.44. The van der Waals surface area contributed by atoms with Gasteiger partial charge in [0.25, 0.3) is 0 Å². The van der Waals surface area contributed by atoms with Gasteiger partial charge in [0.1, 0.15) is 5.75 Å². The van der Waals surface area contributed by atoms with Crippen molar-refractivity contribution in [3.63, 3.8) is 0 Å². The van der Waals surface area contributed by atoms with E-state index in [0.29, 0.717) is 18.2 Å². The summed E-state index contributed by atoms with van der Waals surface area (Å²) < 4.78 is 5.41. The molecule has 0 saturated heterocycles. The van der Waals surface area contributed by atoms with Crippen LogP contribution in [-0.4, -0.2) is 38.3 Å². The normalized spacial score (nSPS) is 12.1. The average molecular weight is 262 g/mol. The van der Waals surface area contributed by atoms with Gasteiger partial charge in [-0.2, -0.15) is 5.21 Å². The standard InChI is InChI=1S/C12H14N4O3/c1-2-19-9-5-3-4-8(6-9)10(7-11(17)18)12-13-15-16-14-12/h3-6,10H,2,7H2,1H3,(H,17,18)(H,13,14,15,16). The average Bonchev–Trinajstić information content (AvgIpc) is 2.90. The second kappa shape index (κ2) is 5.94. The lowest BCUT2D eigenvalue weighted by Gasteiger charge is -2.12. The van der Waals surface area contributed by atoms with Gasteiger partial charge in [0, 0.05) is 0 Å². The SMILES string of the molecule is CCOc1cccc(C(CC(=O)O)c2nn[nH]n2)c1. The molecule has 0 fully saturated rings. The van der Waals surface area contributed by atoms with Crippen LogP contribution < -0.4 is 4.74 Å². The van der Waals surface area contributed by atoms with E-state index >= 15 is 0 Å². The molecule has 1 aromatic carbocycles. The molecule has 1 atom stereocenters. The minimum Gasteiger partial charge on any atom is -0.494 e. The number of nitrogens with one attached hydrogen (secondary N) is 1. The van der Waals surface area contributed by atoms with Crippen LogP contribution in [0.1, 0.15) is 30.7 Å². The zero-order valence-corrected chi connectivity index (χ0v) is 10.4. The number of tetrazole rings is 1. The van der Waals surface area contributed by atoms with E-state index in [1.807, 2.05) is 25.1 Å². The summed E-state index contributed by atoms with van der Waals surface area (Å²) in [5.74, 6) is -0.316. The number of aromatic nitrogens is 4. The molecule has 0 aliphatic rings. The van der Waals surface area contributed by atoms with Gasteiger partial charge in [-0.05, 0) is 24.6 Å². The first-order valence-corrected chi connectivity index (χ1v) is 5.88. The number of carboxylic acids is 1. The zero-order valence-electron chi connectivity index (χ0n) is 10.4. The van der Waals surface area contributed by atoms with Crippen LogP contribution in [0, 0.1) is 0 Å². The van der Waals surface area contributed by atoms with Crippen LogP contribution in [0.15, 0.2) is 24.3 Å². The van der Waals surface area contributed by atoms with E-state index < -0.39 is 11.9 Å². The smallest absolute Gasteiger partial charge is 0.304 e. The molecule has 2 N–H and O–H groups in total. The molecule has 19 heavy (non-hydrogen) atoms. The van der Waals surface area contributed by atoms with Crippen molar-refractivity contribution in [1.29, 1.82) is 0 Å². The molecule has 0 saturated carbocycles. The molecule has 100 valence electrons. The maximum atomic E-state index is 11.0. The van der Waals surface area contributed by atoms with Crippen LogP contribution in [0.3, 0.4) is 0 Å². The van der Waals surface area contributed by atoms with Crippen LogP contribution in [0.2, 0.25) is 0 Å². The largest absolute Gasteiger partial charge is 0.494 e. The lowest BCUT2D eigenvalue weighted by atomic mass is 9.95. The maximum Gasteiger partial charge on any atom is 0.304 e. The Morgan fingerprint density at radius 1 is 1.53 bits per heavy atom. The molecule has 0 aliphatic carbocycles. The number of carboxylic acid groups (broad SMARTS) is 1. The molecule has 1 heterocycles. The van der Waals surface area contributed by atoms with Gasteiger partial charge in [-0.3, -0.25) is 4.79 Å². The van der Waals surface area contributed by atoms with Gasteiger partial charge in [-0.25, -0.2) is 0 Å². The molecular formula is C12H14N4O3.